The van der Waals surface area contributed by atoms with E-state index in [1.54, 1.807) is 0 Å². The molecule has 0 N–H and O–H groups in total. The van der Waals surface area contributed by atoms with Gasteiger partial charge in [0.05, 0.1) is 22.7 Å². The lowest BCUT2D eigenvalue weighted by molar-refractivity contribution is -0.140. The maximum absolute atomic E-state index is 13.6. The number of hydrogen-bond acceptors (Lipinski definition) is 2. The van der Waals surface area contributed by atoms with Crippen LogP contribution in [-0.4, -0.2) is 16.7 Å². The molecule has 0 spiro atoms. The molecule has 1 heterocycles. The number of nitrogens with zero attached hydrogens (tertiary/aromatic N) is 1. The summed E-state index contributed by atoms with van der Waals surface area (Å²) in [5.41, 5.74) is 5.53. The third kappa shape index (κ3) is 2.07. The topological polar surface area (TPSA) is 37.4 Å². The molecule has 3 aromatic carbocycles. The molecule has 0 aromatic heterocycles. The minimum atomic E-state index is -0.669. The van der Waals surface area contributed by atoms with Gasteiger partial charge in [0.2, 0.25) is 11.8 Å². The summed E-state index contributed by atoms with van der Waals surface area (Å²) in [5.74, 6) is -0.996. The Kier molecular flexibility index (Phi) is 3.49. The third-order valence-electron chi connectivity index (χ3n) is 6.79. The Labute approximate surface area is 177 Å². The fraction of sp³-hybridized carbons (Fsp3) is 0.200. The van der Waals surface area contributed by atoms with Crippen LogP contribution in [0.3, 0.4) is 0 Å². The summed E-state index contributed by atoms with van der Waals surface area (Å²) in [7, 11) is 0. The van der Waals surface area contributed by atoms with Gasteiger partial charge in [-0.15, -0.1) is 0 Å². The van der Waals surface area contributed by atoms with Gasteiger partial charge in [0, 0.05) is 5.92 Å². The van der Waals surface area contributed by atoms with Gasteiger partial charge in [-0.1, -0.05) is 94.8 Å². The molecule has 7 rings (SSSR count). The first-order valence-corrected chi connectivity index (χ1v) is 10.7. The van der Waals surface area contributed by atoms with Crippen LogP contribution in [0.5, 0.6) is 0 Å². The normalized spacial score (nSPS) is 28.9. The third-order valence-corrected chi connectivity index (χ3v) is 8.14. The van der Waals surface area contributed by atoms with Crippen LogP contribution in [0.25, 0.3) is 0 Å². The Hall–Kier alpha value is -2.72. The highest BCUT2D eigenvalue weighted by atomic mass is 79.9. The fourth-order valence-electron chi connectivity index (χ4n) is 5.66. The summed E-state index contributed by atoms with van der Waals surface area (Å²) in [5, 5.41) is 0. The summed E-state index contributed by atoms with van der Waals surface area (Å²) in [6.07, 6.45) is 0. The average molecular weight is 444 g/mol. The van der Waals surface area contributed by atoms with Gasteiger partial charge < -0.3 is 0 Å². The second-order valence-corrected chi connectivity index (χ2v) is 9.37. The summed E-state index contributed by atoms with van der Waals surface area (Å²) in [6, 6.07) is 26.2. The van der Waals surface area contributed by atoms with Crippen LogP contribution in [0.2, 0.25) is 0 Å². The van der Waals surface area contributed by atoms with Crippen molar-refractivity contribution in [3.63, 3.8) is 0 Å². The molecule has 0 saturated carbocycles. The van der Waals surface area contributed by atoms with Gasteiger partial charge in [-0.25, -0.2) is 0 Å². The smallest absolute Gasteiger partial charge is 0.235 e. The van der Waals surface area contributed by atoms with Crippen molar-refractivity contribution in [2.45, 2.75) is 16.8 Å². The van der Waals surface area contributed by atoms with Crippen LogP contribution in [0.15, 0.2) is 78.9 Å². The first-order chi connectivity index (χ1) is 14.1. The van der Waals surface area contributed by atoms with E-state index in [0.717, 1.165) is 27.8 Å². The second kappa shape index (κ2) is 5.90. The van der Waals surface area contributed by atoms with Crippen LogP contribution in [0.1, 0.15) is 33.7 Å². The molecule has 2 bridgehead atoms. The molecule has 0 radical (unpaired) electrons. The van der Waals surface area contributed by atoms with Crippen LogP contribution in [0, 0.1) is 11.8 Å². The maximum atomic E-state index is 13.6. The molecule has 3 aromatic rings. The maximum Gasteiger partial charge on any atom is 0.235 e. The predicted molar refractivity (Wildman–Crippen MR) is 113 cm³/mol. The van der Waals surface area contributed by atoms with Gasteiger partial charge in [0.25, 0.3) is 0 Å². The van der Waals surface area contributed by atoms with E-state index >= 15 is 0 Å². The molecule has 4 heteroatoms. The molecule has 1 aliphatic heterocycles. The van der Waals surface area contributed by atoms with Crippen LogP contribution in [-0.2, 0) is 20.5 Å². The van der Waals surface area contributed by atoms with Gasteiger partial charge in [-0.2, -0.15) is 0 Å². The molecule has 3 aliphatic carbocycles. The van der Waals surface area contributed by atoms with Crippen molar-refractivity contribution in [1.82, 2.24) is 4.90 Å². The Morgan fingerprint density at radius 3 is 1.93 bits per heavy atom. The second-order valence-electron chi connectivity index (χ2n) is 8.12. The van der Waals surface area contributed by atoms with Gasteiger partial charge in [-0.05, 0) is 27.8 Å². The Bertz CT molecular complexity index is 1120. The minimum Gasteiger partial charge on any atom is -0.278 e. The van der Waals surface area contributed by atoms with Crippen molar-refractivity contribution in [3.8, 4) is 0 Å². The SMILES string of the molecule is O=C1[C@@H]2[C@@H](C(=O)N1Cc1ccccc1)C1c3ccccc3C2(Br)c2ccccc21. The summed E-state index contributed by atoms with van der Waals surface area (Å²) >= 11 is 4.02. The van der Waals surface area contributed by atoms with E-state index in [1.807, 2.05) is 54.6 Å². The Morgan fingerprint density at radius 2 is 1.31 bits per heavy atom. The zero-order valence-electron chi connectivity index (χ0n) is 15.6. The highest BCUT2D eigenvalue weighted by Gasteiger charge is 2.67. The van der Waals surface area contributed by atoms with E-state index in [-0.39, 0.29) is 23.7 Å². The summed E-state index contributed by atoms with van der Waals surface area (Å²) in [6.45, 7) is 0.327. The number of carbonyl (C=O) groups is 2. The van der Waals surface area contributed by atoms with Crippen LogP contribution in [0.4, 0.5) is 0 Å². The highest BCUT2D eigenvalue weighted by Crippen LogP contribution is 2.66. The lowest BCUT2D eigenvalue weighted by atomic mass is 9.55. The molecule has 1 saturated heterocycles. The van der Waals surface area contributed by atoms with Crippen molar-refractivity contribution in [2.24, 2.45) is 11.8 Å². The molecule has 0 unspecified atom stereocenters. The molecular weight excluding hydrogens is 426 g/mol. The number of hydrogen-bond donors (Lipinski definition) is 0. The molecule has 2 amide bonds. The molecule has 29 heavy (non-hydrogen) atoms. The van der Waals surface area contributed by atoms with E-state index in [0.29, 0.717) is 6.54 Å². The quantitative estimate of drug-likeness (QED) is 0.429. The number of likely N-dealkylation sites (tertiary alicyclic amines) is 1. The zero-order chi connectivity index (χ0) is 19.8. The average Bonchev–Trinajstić information content (AvgIpc) is 3.01. The number of halogens is 1. The van der Waals surface area contributed by atoms with E-state index in [2.05, 4.69) is 40.2 Å². The largest absolute Gasteiger partial charge is 0.278 e. The van der Waals surface area contributed by atoms with E-state index in [4.69, 9.17) is 0 Å². The lowest BCUT2D eigenvalue weighted by Crippen LogP contribution is -2.50. The number of carbonyl (C=O) groups excluding carboxylic acids is 2. The summed E-state index contributed by atoms with van der Waals surface area (Å²) in [4.78, 5) is 28.7. The van der Waals surface area contributed by atoms with E-state index in [9.17, 15) is 9.59 Å². The minimum absolute atomic E-state index is 0.0540. The molecule has 4 aliphatic rings. The first kappa shape index (κ1) is 17.2. The number of imide groups is 1. The van der Waals surface area contributed by atoms with Gasteiger partial charge in [-0.3, -0.25) is 14.5 Å². The van der Waals surface area contributed by atoms with E-state index < -0.39 is 10.2 Å². The number of benzene rings is 3. The number of rotatable bonds is 2. The number of amides is 2. The van der Waals surface area contributed by atoms with Crippen molar-refractivity contribution >= 4 is 27.7 Å². The monoisotopic (exact) mass is 443 g/mol. The van der Waals surface area contributed by atoms with Gasteiger partial charge in [0.15, 0.2) is 0 Å². The molecular formula is C25H18BrNO2. The van der Waals surface area contributed by atoms with Gasteiger partial charge >= 0.3 is 0 Å². The molecule has 2 atom stereocenters. The van der Waals surface area contributed by atoms with Crippen LogP contribution >= 0.6 is 15.9 Å². The van der Waals surface area contributed by atoms with Gasteiger partial charge in [0.1, 0.15) is 0 Å². The fourth-order valence-corrected chi connectivity index (χ4v) is 6.86. The number of alkyl halides is 1. The molecule has 142 valence electrons. The van der Waals surface area contributed by atoms with Crippen molar-refractivity contribution < 1.29 is 9.59 Å². The molecule has 1 fully saturated rings. The standard InChI is InChI=1S/C25H18BrNO2/c26-25-18-12-6-4-10-16(18)20(17-11-5-7-13-19(17)25)21-22(25)24(29)27(23(21)28)14-15-8-2-1-3-9-15/h1-13,20-22H,14H2/t20?,21-,22-,25?/m0/s1. The Morgan fingerprint density at radius 1 is 0.759 bits per heavy atom. The molecule has 3 nitrogen and oxygen atoms in total. The summed E-state index contributed by atoms with van der Waals surface area (Å²) < 4.78 is -0.669. The Balaban J connectivity index is 1.55. The predicted octanol–water partition coefficient (Wildman–Crippen LogP) is 4.59. The van der Waals surface area contributed by atoms with E-state index in [1.165, 1.54) is 4.90 Å². The first-order valence-electron chi connectivity index (χ1n) is 9.89. The zero-order valence-corrected chi connectivity index (χ0v) is 17.2. The lowest BCUT2D eigenvalue weighted by Gasteiger charge is -2.51. The van der Waals surface area contributed by atoms with Crippen molar-refractivity contribution in [3.05, 3.63) is 107 Å². The van der Waals surface area contributed by atoms with Crippen molar-refractivity contribution in [2.75, 3.05) is 0 Å². The highest BCUT2D eigenvalue weighted by molar-refractivity contribution is 9.09. The van der Waals surface area contributed by atoms with Crippen LogP contribution < -0.4 is 0 Å². The van der Waals surface area contributed by atoms with Crippen molar-refractivity contribution in [1.29, 1.82) is 0 Å².